The van der Waals surface area contributed by atoms with Crippen molar-refractivity contribution >= 4 is 54.7 Å². The van der Waals surface area contributed by atoms with Gasteiger partial charge in [-0.1, -0.05) is 105 Å². The molecule has 0 saturated heterocycles. The van der Waals surface area contributed by atoms with Gasteiger partial charge in [-0.15, -0.1) is 0 Å². The summed E-state index contributed by atoms with van der Waals surface area (Å²) in [4.78, 5) is 15.1. The molecule has 53 heavy (non-hydrogen) atoms. The van der Waals surface area contributed by atoms with Crippen LogP contribution in [0.5, 0.6) is 0 Å². The van der Waals surface area contributed by atoms with E-state index >= 15 is 4.79 Å². The predicted molar refractivity (Wildman–Crippen MR) is 217 cm³/mol. The Morgan fingerprint density at radius 3 is 1.79 bits per heavy atom. The Kier molecular flexibility index (Phi) is 5.13. The Bertz CT molecular complexity index is 3070. The molecule has 6 aliphatic rings. The van der Waals surface area contributed by atoms with Crippen molar-refractivity contribution in [3.8, 4) is 11.1 Å². The van der Waals surface area contributed by atoms with Crippen molar-refractivity contribution in [1.82, 2.24) is 4.40 Å². The minimum absolute atomic E-state index is 0.0144. The number of hydrogen-bond donors (Lipinski definition) is 0. The van der Waals surface area contributed by atoms with Crippen LogP contribution < -0.4 is 0 Å². The van der Waals surface area contributed by atoms with E-state index in [-0.39, 0.29) is 28.4 Å². The molecule has 2 aromatic heterocycles. The van der Waals surface area contributed by atoms with Crippen molar-refractivity contribution in [2.45, 2.75) is 62.2 Å². The van der Waals surface area contributed by atoms with Gasteiger partial charge in [0.2, 0.25) is 0 Å². The molecular weight excluding hydrogens is 643 g/mol. The monoisotopic (exact) mass is 679 g/mol. The van der Waals surface area contributed by atoms with Gasteiger partial charge in [0.1, 0.15) is 0 Å². The Hall–Kier alpha value is -5.73. The standard InChI is InChI=1S/C51H37NO/c1-50-18-20-51(2,21-19-50)42-27-44-36(25-41(42)50)38-23-30-22-29(28-10-4-3-5-11-28)16-17-31(30)46-40-24-37-39(26-43(40)52(44)48(38)46)49(53)47-34-14-8-6-12-32(34)45(37)33-13-7-9-15-35(33)47/h3-17,22-27,45,47H,18-21H2,1-2H3. The summed E-state index contributed by atoms with van der Waals surface area (Å²) in [5.74, 6) is -0.0528. The highest BCUT2D eigenvalue weighted by Crippen LogP contribution is 2.58. The zero-order valence-corrected chi connectivity index (χ0v) is 30.0. The van der Waals surface area contributed by atoms with Crippen molar-refractivity contribution in [3.05, 3.63) is 172 Å². The van der Waals surface area contributed by atoms with Crippen molar-refractivity contribution in [1.29, 1.82) is 0 Å². The van der Waals surface area contributed by atoms with Gasteiger partial charge in [0.05, 0.1) is 22.5 Å². The van der Waals surface area contributed by atoms with E-state index in [1.807, 2.05) is 0 Å². The molecule has 1 saturated carbocycles. The first kappa shape index (κ1) is 28.8. The number of aromatic nitrogens is 1. The Labute approximate surface area is 308 Å². The zero-order valence-electron chi connectivity index (χ0n) is 30.0. The van der Waals surface area contributed by atoms with E-state index in [9.17, 15) is 0 Å². The fourth-order valence-electron chi connectivity index (χ4n) is 11.8. The SMILES string of the molecule is CC12CCC(C)(CC1)c1cc3c(cc12)c1cc2cc(-c4ccccc4)ccc2c2c4cc5c(cc4n3c12)C(=O)C1c2ccccc2C5c2ccccc21. The number of nitrogens with zero attached hydrogens (tertiary/aromatic N) is 1. The van der Waals surface area contributed by atoms with Crippen molar-refractivity contribution in [2.75, 3.05) is 0 Å². The second kappa shape index (κ2) is 9.43. The number of Topliss-reactive ketones (excluding diaryl/α,β-unsaturated/α-hetero) is 1. The molecule has 0 amide bonds. The smallest absolute Gasteiger partial charge is 0.175 e. The molecule has 252 valence electrons. The lowest BCUT2D eigenvalue weighted by atomic mass is 9.52. The first-order valence-electron chi connectivity index (χ1n) is 19.5. The molecule has 6 aliphatic carbocycles. The summed E-state index contributed by atoms with van der Waals surface area (Å²) in [7, 11) is 0. The van der Waals surface area contributed by atoms with E-state index in [0.29, 0.717) is 0 Å². The quantitative estimate of drug-likeness (QED) is 0.169. The predicted octanol–water partition coefficient (Wildman–Crippen LogP) is 12.6. The fraction of sp³-hybridized carbons (Fsp3) is 0.196. The largest absolute Gasteiger partial charge is 0.308 e. The average Bonchev–Trinajstić information content (AvgIpc) is 3.63. The molecule has 1 fully saturated rings. The second-order valence-electron chi connectivity index (χ2n) is 17.3. The summed E-state index contributed by atoms with van der Waals surface area (Å²) >= 11 is 0. The summed E-state index contributed by atoms with van der Waals surface area (Å²) in [6, 6.07) is 47.5. The van der Waals surface area contributed by atoms with Gasteiger partial charge in [0, 0.05) is 33.0 Å². The van der Waals surface area contributed by atoms with Crippen LogP contribution in [-0.2, 0) is 10.8 Å². The van der Waals surface area contributed by atoms with Crippen LogP contribution in [0.2, 0.25) is 0 Å². The number of carbonyl (C=O) groups excluding carboxylic acids is 1. The molecular formula is C51H37NO. The Morgan fingerprint density at radius 1 is 0.509 bits per heavy atom. The van der Waals surface area contributed by atoms with E-state index < -0.39 is 0 Å². The van der Waals surface area contributed by atoms with Gasteiger partial charge in [-0.3, -0.25) is 4.79 Å². The van der Waals surface area contributed by atoms with Gasteiger partial charge in [-0.05, 0) is 134 Å². The highest BCUT2D eigenvalue weighted by Gasteiger charge is 2.48. The number of rotatable bonds is 1. The minimum atomic E-state index is -0.288. The third-order valence-corrected chi connectivity index (χ3v) is 14.6. The number of carbonyl (C=O) groups is 1. The molecule has 0 N–H and O–H groups in total. The zero-order chi connectivity index (χ0) is 35.0. The molecule has 2 heterocycles. The van der Waals surface area contributed by atoms with Gasteiger partial charge >= 0.3 is 0 Å². The second-order valence-corrected chi connectivity index (χ2v) is 17.3. The molecule has 15 rings (SSSR count). The third-order valence-electron chi connectivity index (χ3n) is 14.6. The molecule has 0 radical (unpaired) electrons. The highest BCUT2D eigenvalue weighted by molar-refractivity contribution is 6.32. The molecule has 2 heteroatoms. The number of ketones is 1. The lowest BCUT2D eigenvalue weighted by molar-refractivity contribution is 0.0974. The van der Waals surface area contributed by atoms with E-state index in [0.717, 1.165) is 27.8 Å². The van der Waals surface area contributed by atoms with Crippen LogP contribution in [0.15, 0.2) is 127 Å². The van der Waals surface area contributed by atoms with Crippen LogP contribution in [0.1, 0.15) is 101 Å². The Balaban J connectivity index is 1.20. The van der Waals surface area contributed by atoms with Crippen molar-refractivity contribution in [2.24, 2.45) is 0 Å². The van der Waals surface area contributed by atoms with E-state index in [1.54, 1.807) is 11.1 Å². The summed E-state index contributed by atoms with van der Waals surface area (Å²) in [5, 5.41) is 7.75. The third kappa shape index (κ3) is 3.40. The Morgan fingerprint density at radius 2 is 1.11 bits per heavy atom. The molecule has 0 spiro atoms. The topological polar surface area (TPSA) is 21.5 Å². The molecule has 9 aromatic rings. The average molecular weight is 680 g/mol. The summed E-state index contributed by atoms with van der Waals surface area (Å²) in [5.41, 5.74) is 16.6. The molecule has 0 atom stereocenters. The lowest BCUT2D eigenvalue weighted by Gasteiger charge is -2.52. The molecule has 7 aromatic carbocycles. The van der Waals surface area contributed by atoms with Crippen LogP contribution in [0, 0.1) is 0 Å². The summed E-state index contributed by atoms with van der Waals surface area (Å²) < 4.78 is 2.55. The summed E-state index contributed by atoms with van der Waals surface area (Å²) in [6.07, 6.45) is 5.03. The normalized spacial score (nSPS) is 23.9. The first-order chi connectivity index (χ1) is 25.9. The highest BCUT2D eigenvalue weighted by atomic mass is 16.1. The molecule has 4 bridgehead atoms. The van der Waals surface area contributed by atoms with Crippen LogP contribution >= 0.6 is 0 Å². The van der Waals surface area contributed by atoms with Gasteiger partial charge in [0.25, 0.3) is 0 Å². The van der Waals surface area contributed by atoms with E-state index in [2.05, 4.69) is 146 Å². The van der Waals surface area contributed by atoms with Crippen LogP contribution in [0.25, 0.3) is 60.0 Å². The number of benzene rings is 7. The first-order valence-corrected chi connectivity index (χ1v) is 19.5. The maximum absolute atomic E-state index is 15.1. The van der Waals surface area contributed by atoms with E-state index in [1.165, 1.54) is 91.3 Å². The van der Waals surface area contributed by atoms with Crippen LogP contribution in [0.4, 0.5) is 0 Å². The minimum Gasteiger partial charge on any atom is -0.308 e. The van der Waals surface area contributed by atoms with Gasteiger partial charge in [-0.2, -0.15) is 0 Å². The van der Waals surface area contributed by atoms with Gasteiger partial charge < -0.3 is 4.40 Å². The van der Waals surface area contributed by atoms with Gasteiger partial charge in [0.15, 0.2) is 5.78 Å². The molecule has 0 aliphatic heterocycles. The van der Waals surface area contributed by atoms with Crippen LogP contribution in [-0.4, -0.2) is 10.2 Å². The van der Waals surface area contributed by atoms with Gasteiger partial charge in [-0.25, -0.2) is 0 Å². The number of hydrogen-bond acceptors (Lipinski definition) is 1. The lowest BCUT2D eigenvalue weighted by Crippen LogP contribution is -2.44. The maximum Gasteiger partial charge on any atom is 0.175 e. The van der Waals surface area contributed by atoms with Crippen molar-refractivity contribution < 1.29 is 4.79 Å². The van der Waals surface area contributed by atoms with Crippen LogP contribution in [0.3, 0.4) is 0 Å². The maximum atomic E-state index is 15.1. The van der Waals surface area contributed by atoms with Crippen molar-refractivity contribution in [3.63, 3.8) is 0 Å². The fourth-order valence-corrected chi connectivity index (χ4v) is 11.8. The van der Waals surface area contributed by atoms with E-state index in [4.69, 9.17) is 0 Å². The number of fused-ring (bicyclic) bond motifs is 10. The molecule has 2 nitrogen and oxygen atoms in total. The summed E-state index contributed by atoms with van der Waals surface area (Å²) in [6.45, 7) is 5.01. The molecule has 0 unspecified atom stereocenters.